The van der Waals surface area contributed by atoms with E-state index in [0.717, 1.165) is 32.5 Å². The third-order valence-electron chi connectivity index (χ3n) is 3.71. The van der Waals surface area contributed by atoms with E-state index in [1.807, 2.05) is 0 Å². The van der Waals surface area contributed by atoms with Gasteiger partial charge >= 0.3 is 0 Å². The Morgan fingerprint density at radius 1 is 1.35 bits per heavy atom. The van der Waals surface area contributed by atoms with E-state index in [1.54, 1.807) is 0 Å². The molecule has 0 radical (unpaired) electrons. The van der Waals surface area contributed by atoms with Gasteiger partial charge in [0.1, 0.15) is 0 Å². The second-order valence-corrected chi connectivity index (χ2v) is 5.55. The number of ether oxygens (including phenoxy) is 1. The first kappa shape index (κ1) is 14.9. The van der Waals surface area contributed by atoms with Crippen molar-refractivity contribution in [1.82, 2.24) is 4.90 Å². The Kier molecular flexibility index (Phi) is 6.41. The zero-order valence-corrected chi connectivity index (χ0v) is 11.4. The van der Waals surface area contributed by atoms with Crippen molar-refractivity contribution in [2.45, 2.75) is 51.2 Å². The van der Waals surface area contributed by atoms with E-state index in [2.05, 4.69) is 25.8 Å². The molecule has 1 fully saturated rings. The van der Waals surface area contributed by atoms with Crippen LogP contribution in [0.3, 0.4) is 0 Å². The van der Waals surface area contributed by atoms with E-state index < -0.39 is 0 Å². The van der Waals surface area contributed by atoms with Crippen LogP contribution >= 0.6 is 0 Å². The highest BCUT2D eigenvalue weighted by Gasteiger charge is 2.28. The predicted molar refractivity (Wildman–Crippen MR) is 69.9 cm³/mol. The fraction of sp³-hybridized carbons (Fsp3) is 1.00. The van der Waals surface area contributed by atoms with Crippen molar-refractivity contribution in [1.29, 1.82) is 0 Å². The smallest absolute Gasteiger partial charge is 0.0601 e. The van der Waals surface area contributed by atoms with Crippen LogP contribution in [0.5, 0.6) is 0 Å². The second-order valence-electron chi connectivity index (χ2n) is 5.55. The van der Waals surface area contributed by atoms with E-state index >= 15 is 0 Å². The van der Waals surface area contributed by atoms with Crippen molar-refractivity contribution < 1.29 is 9.84 Å². The van der Waals surface area contributed by atoms with Crippen LogP contribution in [0.15, 0.2) is 0 Å². The van der Waals surface area contributed by atoms with Gasteiger partial charge in [0.15, 0.2) is 0 Å². The van der Waals surface area contributed by atoms with Gasteiger partial charge in [0.2, 0.25) is 0 Å². The minimum Gasteiger partial charge on any atom is -0.395 e. The van der Waals surface area contributed by atoms with Gasteiger partial charge in [0.25, 0.3) is 0 Å². The molecule has 2 unspecified atom stereocenters. The molecule has 17 heavy (non-hydrogen) atoms. The average Bonchev–Trinajstić information content (AvgIpc) is 2.30. The Labute approximate surface area is 105 Å². The molecule has 0 saturated carbocycles. The maximum atomic E-state index is 9.56. The number of hydrogen-bond donors (Lipinski definition) is 2. The summed E-state index contributed by atoms with van der Waals surface area (Å²) in [5.74, 6) is 0.571. The summed E-state index contributed by atoms with van der Waals surface area (Å²) in [6, 6.07) is 0.618. The number of nitrogens with two attached hydrogens (primary N) is 1. The fourth-order valence-corrected chi connectivity index (χ4v) is 2.63. The number of rotatable bonds is 6. The van der Waals surface area contributed by atoms with Crippen molar-refractivity contribution in [2.24, 2.45) is 11.7 Å². The summed E-state index contributed by atoms with van der Waals surface area (Å²) < 4.78 is 5.37. The molecule has 1 heterocycles. The van der Waals surface area contributed by atoms with Crippen LogP contribution in [0.2, 0.25) is 0 Å². The molecule has 2 atom stereocenters. The van der Waals surface area contributed by atoms with Crippen molar-refractivity contribution in [3.63, 3.8) is 0 Å². The Balaban J connectivity index is 2.52. The molecule has 0 aromatic carbocycles. The first-order chi connectivity index (χ1) is 8.06. The molecule has 0 amide bonds. The largest absolute Gasteiger partial charge is 0.395 e. The fourth-order valence-electron chi connectivity index (χ4n) is 2.63. The van der Waals surface area contributed by atoms with Crippen LogP contribution in [-0.4, -0.2) is 55.0 Å². The van der Waals surface area contributed by atoms with Gasteiger partial charge < -0.3 is 15.6 Å². The topological polar surface area (TPSA) is 58.7 Å². The average molecular weight is 244 g/mol. The number of nitrogens with zero attached hydrogens (tertiary/aromatic N) is 1. The number of aliphatic hydroxyl groups excluding tert-OH is 1. The highest BCUT2D eigenvalue weighted by molar-refractivity contribution is 4.85. The molecule has 1 saturated heterocycles. The minimum absolute atomic E-state index is 0.0489. The monoisotopic (exact) mass is 244 g/mol. The lowest BCUT2D eigenvalue weighted by atomic mass is 9.95. The van der Waals surface area contributed by atoms with Gasteiger partial charge in [-0.2, -0.15) is 0 Å². The third-order valence-corrected chi connectivity index (χ3v) is 3.71. The van der Waals surface area contributed by atoms with Crippen LogP contribution in [0.1, 0.15) is 33.1 Å². The van der Waals surface area contributed by atoms with Crippen molar-refractivity contribution in [3.05, 3.63) is 0 Å². The van der Waals surface area contributed by atoms with Crippen molar-refractivity contribution in [3.8, 4) is 0 Å². The summed E-state index contributed by atoms with van der Waals surface area (Å²) in [5.41, 5.74) is 6.20. The third kappa shape index (κ3) is 4.54. The van der Waals surface area contributed by atoms with E-state index in [-0.39, 0.29) is 18.7 Å². The van der Waals surface area contributed by atoms with E-state index in [1.165, 1.54) is 0 Å². The molecule has 3 N–H and O–H groups in total. The summed E-state index contributed by atoms with van der Waals surface area (Å²) in [6.07, 6.45) is 3.04. The summed E-state index contributed by atoms with van der Waals surface area (Å²) in [5, 5.41) is 9.56. The number of aliphatic hydroxyl groups is 1. The molecule has 0 bridgehead atoms. The molecule has 1 rings (SSSR count). The molecule has 102 valence electrons. The lowest BCUT2D eigenvalue weighted by Crippen LogP contribution is -2.53. The van der Waals surface area contributed by atoms with Gasteiger partial charge in [-0.1, -0.05) is 13.8 Å². The van der Waals surface area contributed by atoms with Crippen LogP contribution in [0.25, 0.3) is 0 Å². The van der Waals surface area contributed by atoms with Gasteiger partial charge in [-0.3, -0.25) is 4.90 Å². The first-order valence-electron chi connectivity index (χ1n) is 6.72. The van der Waals surface area contributed by atoms with Crippen LogP contribution < -0.4 is 5.73 Å². The zero-order chi connectivity index (χ0) is 12.8. The number of likely N-dealkylation sites (N-methyl/N-ethyl adjacent to an activating group) is 1. The van der Waals surface area contributed by atoms with Crippen molar-refractivity contribution >= 4 is 0 Å². The molecular weight excluding hydrogens is 216 g/mol. The lowest BCUT2D eigenvalue weighted by molar-refractivity contribution is 0.00975. The van der Waals surface area contributed by atoms with E-state index in [0.29, 0.717) is 12.0 Å². The molecule has 4 nitrogen and oxygen atoms in total. The highest BCUT2D eigenvalue weighted by atomic mass is 16.5. The summed E-state index contributed by atoms with van der Waals surface area (Å²) in [4.78, 5) is 2.26. The Bertz CT molecular complexity index is 206. The maximum Gasteiger partial charge on any atom is 0.0601 e. The van der Waals surface area contributed by atoms with Gasteiger partial charge in [-0.05, 0) is 32.2 Å². The van der Waals surface area contributed by atoms with Gasteiger partial charge in [-0.15, -0.1) is 0 Å². The Morgan fingerprint density at radius 2 is 1.94 bits per heavy atom. The summed E-state index contributed by atoms with van der Waals surface area (Å²) >= 11 is 0. The van der Waals surface area contributed by atoms with Crippen LogP contribution in [-0.2, 0) is 4.74 Å². The molecule has 0 aromatic rings. The van der Waals surface area contributed by atoms with Crippen molar-refractivity contribution in [2.75, 3.05) is 26.9 Å². The highest BCUT2D eigenvalue weighted by Crippen LogP contribution is 2.18. The molecule has 4 heteroatoms. The van der Waals surface area contributed by atoms with Crippen LogP contribution in [0, 0.1) is 5.92 Å². The second kappa shape index (κ2) is 7.31. The quantitative estimate of drug-likeness (QED) is 0.726. The first-order valence-corrected chi connectivity index (χ1v) is 6.72. The molecule has 0 spiro atoms. The van der Waals surface area contributed by atoms with E-state index in [9.17, 15) is 5.11 Å². The predicted octanol–water partition coefficient (Wildman–Crippen LogP) is 0.832. The van der Waals surface area contributed by atoms with Gasteiger partial charge in [0, 0.05) is 31.3 Å². The lowest BCUT2D eigenvalue weighted by Gasteiger charge is -2.39. The molecular formula is C13H28N2O2. The Hall–Kier alpha value is -0.160. The summed E-state index contributed by atoms with van der Waals surface area (Å²) in [6.45, 7) is 6.13. The number of hydrogen-bond acceptors (Lipinski definition) is 4. The molecule has 1 aliphatic rings. The molecule has 0 aromatic heterocycles. The maximum absolute atomic E-state index is 9.56. The van der Waals surface area contributed by atoms with E-state index in [4.69, 9.17) is 10.5 Å². The van der Waals surface area contributed by atoms with Crippen LogP contribution in [0.4, 0.5) is 0 Å². The Morgan fingerprint density at radius 3 is 2.41 bits per heavy atom. The minimum atomic E-state index is 0.0489. The normalized spacial score (nSPS) is 22.1. The standard InChI is InChI=1S/C13H28N2O2/c1-10(2)8-12(14)13(9-16)15(3)11-4-6-17-7-5-11/h10-13,16H,4-9,14H2,1-3H3. The zero-order valence-electron chi connectivity index (χ0n) is 11.4. The molecule has 0 aliphatic carbocycles. The van der Waals surface area contributed by atoms with Gasteiger partial charge in [-0.25, -0.2) is 0 Å². The summed E-state index contributed by atoms with van der Waals surface area (Å²) in [7, 11) is 2.08. The van der Waals surface area contributed by atoms with Gasteiger partial charge in [0.05, 0.1) is 6.61 Å². The molecule has 1 aliphatic heterocycles. The SMILES string of the molecule is CC(C)CC(N)C(CO)N(C)C1CCOCC1.